The molecule has 2 N–H and O–H groups in total. The number of sulfonamides is 1. The minimum Gasteiger partial charge on any atom is -0.478 e. The molecule has 2 saturated heterocycles. The van der Waals surface area contributed by atoms with E-state index in [0.29, 0.717) is 11.7 Å². The predicted octanol–water partition coefficient (Wildman–Crippen LogP) is 3.55. The third-order valence-electron chi connectivity index (χ3n) is 6.01. The van der Waals surface area contributed by atoms with Crippen molar-refractivity contribution in [1.82, 2.24) is 9.88 Å². The van der Waals surface area contributed by atoms with Crippen molar-refractivity contribution in [2.75, 3.05) is 42.3 Å². The molecule has 0 aliphatic carbocycles. The number of nitrogens with one attached hydrogen (secondary N) is 1. The molecule has 1 atom stereocenters. The van der Waals surface area contributed by atoms with E-state index in [4.69, 9.17) is 11.6 Å². The van der Waals surface area contributed by atoms with Crippen LogP contribution in [0.2, 0.25) is 5.02 Å². The van der Waals surface area contributed by atoms with E-state index in [-0.39, 0.29) is 21.2 Å². The number of nitrogens with zero attached hydrogens (tertiary/aromatic N) is 3. The highest BCUT2D eigenvalue weighted by Gasteiger charge is 2.27. The Labute approximate surface area is 193 Å². The van der Waals surface area contributed by atoms with Gasteiger partial charge in [-0.25, -0.2) is 18.2 Å². The molecule has 4 rings (SSSR count). The van der Waals surface area contributed by atoms with E-state index >= 15 is 0 Å². The zero-order chi connectivity index (χ0) is 22.7. The first-order chi connectivity index (χ1) is 15.3. The van der Waals surface area contributed by atoms with E-state index < -0.39 is 16.0 Å². The van der Waals surface area contributed by atoms with Crippen LogP contribution in [0.15, 0.2) is 41.4 Å². The Hall–Kier alpha value is -2.36. The topological polar surface area (TPSA) is 103 Å². The molecule has 1 aromatic carbocycles. The van der Waals surface area contributed by atoms with Gasteiger partial charge in [0.2, 0.25) is 0 Å². The fourth-order valence-corrected chi connectivity index (χ4v) is 6.09. The molecule has 1 aromatic heterocycles. The number of carbonyl (C=O) groups is 1. The number of hydrogen-bond donors (Lipinski definition) is 2. The van der Waals surface area contributed by atoms with Crippen LogP contribution in [0.3, 0.4) is 0 Å². The average molecular weight is 479 g/mol. The second kappa shape index (κ2) is 9.64. The van der Waals surface area contributed by atoms with Crippen molar-refractivity contribution in [1.29, 1.82) is 0 Å². The van der Waals surface area contributed by atoms with Crippen LogP contribution in [0.1, 0.15) is 36.0 Å². The maximum atomic E-state index is 12.7. The molecule has 2 fully saturated rings. The van der Waals surface area contributed by atoms with Crippen LogP contribution in [-0.2, 0) is 10.0 Å². The fourth-order valence-electron chi connectivity index (χ4n) is 4.53. The highest BCUT2D eigenvalue weighted by Crippen LogP contribution is 2.29. The molecule has 10 heteroatoms. The number of piperidine rings is 1. The van der Waals surface area contributed by atoms with Gasteiger partial charge in [0.05, 0.1) is 16.9 Å². The molecular weight excluding hydrogens is 452 g/mol. The number of hydrogen-bond acceptors (Lipinski definition) is 6. The molecule has 32 heavy (non-hydrogen) atoms. The molecule has 8 nitrogen and oxygen atoms in total. The number of benzene rings is 1. The Balaban J connectivity index is 1.54. The van der Waals surface area contributed by atoms with Gasteiger partial charge in [-0.15, -0.1) is 0 Å². The second-order valence-electron chi connectivity index (χ2n) is 8.40. The molecule has 0 saturated carbocycles. The molecule has 2 aliphatic rings. The molecule has 0 radical (unpaired) electrons. The van der Waals surface area contributed by atoms with E-state index in [1.165, 1.54) is 37.2 Å². The van der Waals surface area contributed by atoms with E-state index in [0.717, 1.165) is 45.6 Å². The molecule has 2 aromatic rings. The van der Waals surface area contributed by atoms with E-state index in [1.807, 2.05) is 4.90 Å². The van der Waals surface area contributed by atoms with Crippen molar-refractivity contribution in [2.45, 2.75) is 30.6 Å². The van der Waals surface area contributed by atoms with Gasteiger partial charge in [-0.2, -0.15) is 0 Å². The number of pyridine rings is 1. The van der Waals surface area contributed by atoms with Crippen LogP contribution in [0.25, 0.3) is 0 Å². The third-order valence-corrected chi connectivity index (χ3v) is 7.89. The van der Waals surface area contributed by atoms with E-state index in [1.54, 1.807) is 12.1 Å². The van der Waals surface area contributed by atoms with Gasteiger partial charge in [-0.05, 0) is 62.9 Å². The lowest BCUT2D eigenvalue weighted by Gasteiger charge is -2.36. The smallest absolute Gasteiger partial charge is 0.339 e. The maximum Gasteiger partial charge on any atom is 0.339 e. The minimum absolute atomic E-state index is 0.0221. The normalized spacial score (nSPS) is 19.8. The number of halogens is 1. The van der Waals surface area contributed by atoms with E-state index in [2.05, 4.69) is 14.6 Å². The number of likely N-dealkylation sites (tertiary alicyclic amines) is 1. The monoisotopic (exact) mass is 478 g/mol. The Morgan fingerprint density at radius 1 is 1.19 bits per heavy atom. The number of rotatable bonds is 7. The molecule has 0 bridgehead atoms. The summed E-state index contributed by atoms with van der Waals surface area (Å²) < 4.78 is 27.8. The van der Waals surface area contributed by atoms with Gasteiger partial charge < -0.3 is 14.9 Å². The molecular formula is C22H27ClN4O4S. The summed E-state index contributed by atoms with van der Waals surface area (Å²) in [6.45, 7) is 4.77. The van der Waals surface area contributed by atoms with Gasteiger partial charge in [0, 0.05) is 19.6 Å². The number of carboxylic acids is 1. The SMILES string of the molecule is O=C(O)c1cc(NS(=O)(=O)c2ccccc2Cl)cnc1N1CCCC(CN2CCCC2)C1. The summed E-state index contributed by atoms with van der Waals surface area (Å²) in [6, 6.07) is 7.40. The number of carboxylic acid groups (broad SMARTS) is 1. The maximum absolute atomic E-state index is 12.7. The van der Waals surface area contributed by atoms with Crippen molar-refractivity contribution in [2.24, 2.45) is 5.92 Å². The number of anilines is 2. The zero-order valence-corrected chi connectivity index (χ0v) is 19.3. The van der Waals surface area contributed by atoms with Crippen molar-refractivity contribution in [3.05, 3.63) is 47.1 Å². The van der Waals surface area contributed by atoms with Gasteiger partial charge in [0.25, 0.3) is 10.0 Å². The second-order valence-corrected chi connectivity index (χ2v) is 10.5. The lowest BCUT2D eigenvalue weighted by molar-refractivity contribution is 0.0697. The molecule has 3 heterocycles. The summed E-state index contributed by atoms with van der Waals surface area (Å²) in [5, 5.41) is 9.89. The highest BCUT2D eigenvalue weighted by atomic mass is 35.5. The summed E-state index contributed by atoms with van der Waals surface area (Å²) in [4.78, 5) is 20.8. The Kier molecular flexibility index (Phi) is 6.88. The predicted molar refractivity (Wildman–Crippen MR) is 124 cm³/mol. The molecule has 2 aliphatic heterocycles. The summed E-state index contributed by atoms with van der Waals surface area (Å²) in [5.74, 6) is -0.305. The fraction of sp³-hybridized carbons (Fsp3) is 0.455. The van der Waals surface area contributed by atoms with Crippen LogP contribution < -0.4 is 9.62 Å². The molecule has 0 amide bonds. The zero-order valence-electron chi connectivity index (χ0n) is 17.7. The summed E-state index contributed by atoms with van der Waals surface area (Å²) in [7, 11) is -3.98. The van der Waals surface area contributed by atoms with Crippen LogP contribution >= 0.6 is 11.6 Å². The Morgan fingerprint density at radius 3 is 2.66 bits per heavy atom. The largest absolute Gasteiger partial charge is 0.478 e. The lowest BCUT2D eigenvalue weighted by atomic mass is 9.97. The van der Waals surface area contributed by atoms with Gasteiger partial charge in [-0.1, -0.05) is 23.7 Å². The first kappa shape index (κ1) is 22.8. The van der Waals surface area contributed by atoms with Crippen LogP contribution in [0, 0.1) is 5.92 Å². The standard InChI is InChI=1S/C22H27ClN4O4S/c23-19-7-1-2-8-20(19)32(30,31)25-17-12-18(22(28)29)21(24-13-17)27-11-5-6-16(15-27)14-26-9-3-4-10-26/h1-2,7-8,12-13,16,25H,3-6,9-11,14-15H2,(H,28,29). The average Bonchev–Trinajstić information content (AvgIpc) is 3.27. The Morgan fingerprint density at radius 2 is 1.94 bits per heavy atom. The first-order valence-corrected chi connectivity index (χ1v) is 12.7. The van der Waals surface area contributed by atoms with Crippen LogP contribution in [-0.4, -0.2) is 62.1 Å². The van der Waals surface area contributed by atoms with Crippen LogP contribution in [0.4, 0.5) is 11.5 Å². The molecule has 0 spiro atoms. The van der Waals surface area contributed by atoms with E-state index in [9.17, 15) is 18.3 Å². The minimum atomic E-state index is -3.98. The Bertz CT molecular complexity index is 1090. The number of aromatic carboxylic acids is 1. The quantitative estimate of drug-likeness (QED) is 0.627. The van der Waals surface area contributed by atoms with Crippen molar-refractivity contribution in [3.63, 3.8) is 0 Å². The summed E-state index contributed by atoms with van der Waals surface area (Å²) in [6.07, 6.45) is 5.94. The van der Waals surface area contributed by atoms with Gasteiger partial charge in [0.15, 0.2) is 0 Å². The van der Waals surface area contributed by atoms with Gasteiger partial charge in [-0.3, -0.25) is 4.72 Å². The van der Waals surface area contributed by atoms with Crippen molar-refractivity contribution < 1.29 is 18.3 Å². The highest BCUT2D eigenvalue weighted by molar-refractivity contribution is 7.92. The number of aromatic nitrogens is 1. The van der Waals surface area contributed by atoms with Crippen molar-refractivity contribution in [3.8, 4) is 0 Å². The molecule has 172 valence electrons. The van der Waals surface area contributed by atoms with Crippen molar-refractivity contribution >= 4 is 39.1 Å². The lowest BCUT2D eigenvalue weighted by Crippen LogP contribution is -2.41. The summed E-state index contributed by atoms with van der Waals surface area (Å²) >= 11 is 6.02. The van der Waals surface area contributed by atoms with Gasteiger partial charge in [0.1, 0.15) is 16.3 Å². The summed E-state index contributed by atoms with van der Waals surface area (Å²) in [5.41, 5.74) is 0.0582. The third kappa shape index (κ3) is 5.16. The van der Waals surface area contributed by atoms with Gasteiger partial charge >= 0.3 is 5.97 Å². The first-order valence-electron chi connectivity index (χ1n) is 10.8. The molecule has 1 unspecified atom stereocenters. The van der Waals surface area contributed by atoms with Crippen LogP contribution in [0.5, 0.6) is 0 Å².